The van der Waals surface area contributed by atoms with Gasteiger partial charge in [-0.15, -0.1) is 0 Å². The molecule has 1 saturated heterocycles. The normalized spacial score (nSPS) is 21.2. The van der Waals surface area contributed by atoms with Crippen molar-refractivity contribution in [3.8, 4) is 17.2 Å². The second-order valence-corrected chi connectivity index (χ2v) is 11.2. The highest BCUT2D eigenvalue weighted by Crippen LogP contribution is 2.57. The molecule has 0 bridgehead atoms. The van der Waals surface area contributed by atoms with Crippen molar-refractivity contribution in [3.63, 3.8) is 0 Å². The van der Waals surface area contributed by atoms with Gasteiger partial charge >= 0.3 is 0 Å². The number of carbonyl (C=O) groups is 4. The van der Waals surface area contributed by atoms with E-state index in [2.05, 4.69) is 4.98 Å². The summed E-state index contributed by atoms with van der Waals surface area (Å²) >= 11 is 0. The number of aromatic amines is 1. The maximum atomic E-state index is 14.3. The third-order valence-corrected chi connectivity index (χ3v) is 8.99. The number of phenols is 3. The van der Waals surface area contributed by atoms with E-state index in [1.165, 1.54) is 0 Å². The molecular weight excluding hydrogens is 568 g/mol. The number of nitrogens with zero attached hydrogens (tertiary/aromatic N) is 1. The van der Waals surface area contributed by atoms with Crippen LogP contribution in [0.5, 0.6) is 17.2 Å². The largest absolute Gasteiger partial charge is 0.507 e. The molecule has 0 unspecified atom stereocenters. The SMILES string of the molecule is C/C=C/C=C/c1cc2cc3c(c(O)c2c(=O)[nH]1)[C@@]1(CC3)C(=O)c2c(O)c3c(c(O)c2C1=O)C(=O)C(N1CCOCC1)=CC3=O. The van der Waals surface area contributed by atoms with Crippen molar-refractivity contribution in [2.24, 2.45) is 0 Å². The van der Waals surface area contributed by atoms with Crippen molar-refractivity contribution in [3.05, 3.63) is 91.6 Å². The molecule has 11 nitrogen and oxygen atoms in total. The Morgan fingerprint density at radius 1 is 0.886 bits per heavy atom. The molecule has 7 rings (SSSR count). The van der Waals surface area contributed by atoms with E-state index in [0.717, 1.165) is 6.08 Å². The average molecular weight is 595 g/mol. The first-order valence-electron chi connectivity index (χ1n) is 14.2. The quantitative estimate of drug-likeness (QED) is 0.200. The van der Waals surface area contributed by atoms with Crippen LogP contribution >= 0.6 is 0 Å². The summed E-state index contributed by atoms with van der Waals surface area (Å²) in [6.07, 6.45) is 8.12. The number of carbonyl (C=O) groups excluding carboxylic acids is 4. The molecule has 2 aromatic carbocycles. The maximum Gasteiger partial charge on any atom is 0.260 e. The van der Waals surface area contributed by atoms with Crippen LogP contribution in [0.1, 0.15) is 71.6 Å². The molecule has 4 aliphatic rings. The minimum absolute atomic E-state index is 0.0126. The van der Waals surface area contributed by atoms with Gasteiger partial charge in [-0.3, -0.25) is 24.0 Å². The second kappa shape index (κ2) is 9.61. The maximum absolute atomic E-state index is 14.3. The van der Waals surface area contributed by atoms with Crippen molar-refractivity contribution in [2.75, 3.05) is 26.3 Å². The number of nitrogens with one attached hydrogen (secondary N) is 1. The molecule has 0 radical (unpaired) electrons. The summed E-state index contributed by atoms with van der Waals surface area (Å²) in [6, 6.07) is 3.30. The number of aryl methyl sites for hydroxylation is 1. The van der Waals surface area contributed by atoms with E-state index in [1.54, 1.807) is 35.3 Å². The van der Waals surface area contributed by atoms with Gasteiger partial charge in [0.05, 0.1) is 46.6 Å². The Balaban J connectivity index is 1.40. The summed E-state index contributed by atoms with van der Waals surface area (Å²) in [4.78, 5) is 72.8. The van der Waals surface area contributed by atoms with E-state index in [1.807, 2.05) is 13.0 Å². The summed E-state index contributed by atoms with van der Waals surface area (Å²) in [5.41, 5.74) is -4.15. The number of hydrogen-bond acceptors (Lipinski definition) is 10. The number of aromatic nitrogens is 1. The van der Waals surface area contributed by atoms with Crippen LogP contribution < -0.4 is 5.56 Å². The monoisotopic (exact) mass is 594 g/mol. The predicted molar refractivity (Wildman–Crippen MR) is 158 cm³/mol. The van der Waals surface area contributed by atoms with Gasteiger partial charge < -0.3 is 29.9 Å². The zero-order valence-corrected chi connectivity index (χ0v) is 23.5. The molecule has 0 amide bonds. The lowest BCUT2D eigenvalue weighted by molar-refractivity contribution is 0.0500. The van der Waals surface area contributed by atoms with Crippen molar-refractivity contribution in [1.82, 2.24) is 9.88 Å². The van der Waals surface area contributed by atoms with Crippen LogP contribution in [0.25, 0.3) is 16.8 Å². The molecule has 11 heteroatoms. The van der Waals surface area contributed by atoms with E-state index < -0.39 is 73.6 Å². The van der Waals surface area contributed by atoms with Gasteiger partial charge in [-0.1, -0.05) is 24.3 Å². The Kier molecular flexibility index (Phi) is 6.02. The molecule has 4 N–H and O–H groups in total. The van der Waals surface area contributed by atoms with Gasteiger partial charge in [0.2, 0.25) is 5.78 Å². The molecule has 1 atom stereocenters. The number of rotatable bonds is 3. The summed E-state index contributed by atoms with van der Waals surface area (Å²) in [7, 11) is 0. The lowest BCUT2D eigenvalue weighted by Crippen LogP contribution is -2.39. The number of morpholine rings is 1. The minimum atomic E-state index is -2.07. The number of fused-ring (bicyclic) bond motifs is 5. The van der Waals surface area contributed by atoms with E-state index in [9.17, 15) is 39.3 Å². The van der Waals surface area contributed by atoms with E-state index in [-0.39, 0.29) is 29.5 Å². The fourth-order valence-corrected chi connectivity index (χ4v) is 7.02. The van der Waals surface area contributed by atoms with Gasteiger partial charge in [-0.25, -0.2) is 0 Å². The van der Waals surface area contributed by atoms with Gasteiger partial charge in [0, 0.05) is 30.4 Å². The summed E-state index contributed by atoms with van der Waals surface area (Å²) in [5, 5.41) is 34.5. The van der Waals surface area contributed by atoms with Crippen molar-refractivity contribution >= 4 is 40.0 Å². The third kappa shape index (κ3) is 3.50. The highest BCUT2D eigenvalue weighted by Gasteiger charge is 2.61. The number of H-pyrrole nitrogens is 1. The lowest BCUT2D eigenvalue weighted by Gasteiger charge is -2.32. The molecule has 1 aromatic heterocycles. The molecule has 44 heavy (non-hydrogen) atoms. The number of pyridine rings is 1. The minimum Gasteiger partial charge on any atom is -0.507 e. The van der Waals surface area contributed by atoms with Gasteiger partial charge in [-0.05, 0) is 42.9 Å². The molecule has 3 aromatic rings. The lowest BCUT2D eigenvalue weighted by atomic mass is 9.76. The molecule has 222 valence electrons. The Bertz CT molecular complexity index is 2040. The number of ketones is 4. The fourth-order valence-electron chi connectivity index (χ4n) is 7.02. The predicted octanol–water partition coefficient (Wildman–Crippen LogP) is 3.09. The highest BCUT2D eigenvalue weighted by molar-refractivity contribution is 6.39. The number of allylic oxidation sites excluding steroid dienone is 5. The van der Waals surface area contributed by atoms with Crippen LogP contribution in [-0.4, -0.2) is 74.6 Å². The van der Waals surface area contributed by atoms with Crippen molar-refractivity contribution in [1.29, 1.82) is 0 Å². The second-order valence-electron chi connectivity index (χ2n) is 11.2. The summed E-state index contributed by atoms with van der Waals surface area (Å²) in [6.45, 7) is 3.11. The van der Waals surface area contributed by atoms with E-state index >= 15 is 0 Å². The Morgan fingerprint density at radius 3 is 2.25 bits per heavy atom. The number of hydrogen-bond donors (Lipinski definition) is 4. The van der Waals surface area contributed by atoms with Crippen molar-refractivity contribution < 1.29 is 39.2 Å². The van der Waals surface area contributed by atoms with Crippen LogP contribution in [0.15, 0.2) is 46.9 Å². The molecular formula is C33H26N2O9. The smallest absolute Gasteiger partial charge is 0.260 e. The standard InChI is InChI=1S/C33H26N2O9/c1-2-3-4-5-17-13-16-12-15-6-7-33(25(15)29(40)20(16)32(43)34-17)30(41)23-24(31(33)42)28(39)22-21(27(23)38)19(36)14-18(26(22)37)35-8-10-44-11-9-35/h2-5,12-14,38-40H,6-11H2,1H3,(H,34,43)/b3-2+,5-4+/t33-/m0/s1. The Hall–Kier alpha value is -5.29. The Morgan fingerprint density at radius 2 is 1.57 bits per heavy atom. The first-order chi connectivity index (χ1) is 21.1. The average Bonchev–Trinajstić information content (AvgIpc) is 3.49. The number of ether oxygens (including phenoxy) is 1. The zero-order valence-electron chi connectivity index (χ0n) is 23.5. The molecule has 0 saturated carbocycles. The molecule has 1 spiro atoms. The van der Waals surface area contributed by atoms with Crippen LogP contribution in [0.2, 0.25) is 0 Å². The van der Waals surface area contributed by atoms with Crippen LogP contribution in [0, 0.1) is 0 Å². The number of Topliss-reactive ketones (excluding diaryl/α,β-unsaturated/α-hetero) is 3. The molecule has 1 aliphatic heterocycles. The topological polar surface area (TPSA) is 174 Å². The van der Waals surface area contributed by atoms with Gasteiger partial charge in [0.15, 0.2) is 17.3 Å². The fraction of sp³-hybridized carbons (Fsp3) is 0.242. The first-order valence-corrected chi connectivity index (χ1v) is 14.2. The van der Waals surface area contributed by atoms with Crippen LogP contribution in [-0.2, 0) is 16.6 Å². The molecule has 2 heterocycles. The highest BCUT2D eigenvalue weighted by atomic mass is 16.5. The number of phenolic OH excluding ortho intramolecular Hbond substituents is 3. The van der Waals surface area contributed by atoms with Gasteiger partial charge in [0.25, 0.3) is 5.56 Å². The van der Waals surface area contributed by atoms with E-state index in [4.69, 9.17) is 4.74 Å². The van der Waals surface area contributed by atoms with Crippen LogP contribution in [0.3, 0.4) is 0 Å². The van der Waals surface area contributed by atoms with Crippen molar-refractivity contribution in [2.45, 2.75) is 25.2 Å². The molecule has 1 fully saturated rings. The van der Waals surface area contributed by atoms with Gasteiger partial charge in [0.1, 0.15) is 22.7 Å². The first kappa shape index (κ1) is 27.5. The third-order valence-electron chi connectivity index (χ3n) is 8.99. The number of benzene rings is 2. The zero-order chi connectivity index (χ0) is 31.1. The van der Waals surface area contributed by atoms with Crippen LogP contribution in [0.4, 0.5) is 0 Å². The summed E-state index contributed by atoms with van der Waals surface area (Å²) < 4.78 is 5.32. The van der Waals surface area contributed by atoms with E-state index in [0.29, 0.717) is 42.9 Å². The molecule has 3 aliphatic carbocycles. The Labute approximate surface area is 249 Å². The summed E-state index contributed by atoms with van der Waals surface area (Å²) in [5.74, 6) is -5.72. The number of aromatic hydroxyl groups is 3. The van der Waals surface area contributed by atoms with Gasteiger partial charge in [-0.2, -0.15) is 0 Å².